The third-order valence-electron chi connectivity index (χ3n) is 3.86. The molecule has 2 aromatic carbocycles. The van der Waals surface area contributed by atoms with Crippen LogP contribution in [0.25, 0.3) is 0 Å². The molecule has 2 N–H and O–H groups in total. The highest BCUT2D eigenvalue weighted by Gasteiger charge is 2.21. The van der Waals surface area contributed by atoms with Crippen LogP contribution in [-0.4, -0.2) is 23.0 Å². The Morgan fingerprint density at radius 3 is 2.25 bits per heavy atom. The Bertz CT molecular complexity index is 686. The van der Waals surface area contributed by atoms with Crippen LogP contribution in [0.2, 0.25) is 0 Å². The second-order valence-electron chi connectivity index (χ2n) is 5.69. The summed E-state index contributed by atoms with van der Waals surface area (Å²) in [7, 11) is 0. The molecule has 2 aromatic rings. The number of carbonyl (C=O) groups excluding carboxylic acids is 1. The van der Waals surface area contributed by atoms with Gasteiger partial charge in [0.2, 0.25) is 0 Å². The summed E-state index contributed by atoms with van der Waals surface area (Å²) >= 11 is 1.71. The lowest BCUT2D eigenvalue weighted by atomic mass is 10.0. The molecule has 0 heterocycles. The largest absolute Gasteiger partial charge is 0.481 e. The van der Waals surface area contributed by atoms with E-state index in [1.165, 1.54) is 5.56 Å². The van der Waals surface area contributed by atoms with Gasteiger partial charge in [-0.25, -0.2) is 0 Å². The van der Waals surface area contributed by atoms with E-state index in [1.54, 1.807) is 37.7 Å². The number of amides is 1. The van der Waals surface area contributed by atoms with Crippen molar-refractivity contribution in [1.29, 1.82) is 0 Å². The van der Waals surface area contributed by atoms with Crippen LogP contribution in [0.15, 0.2) is 59.5 Å². The minimum atomic E-state index is -0.921. The molecule has 24 heavy (non-hydrogen) atoms. The van der Waals surface area contributed by atoms with Crippen LogP contribution >= 0.6 is 11.8 Å². The highest BCUT2D eigenvalue weighted by Crippen LogP contribution is 2.23. The van der Waals surface area contributed by atoms with Crippen LogP contribution in [0, 0.1) is 5.92 Å². The molecule has 0 aliphatic carbocycles. The van der Waals surface area contributed by atoms with Gasteiger partial charge in [-0.1, -0.05) is 30.3 Å². The molecule has 0 saturated heterocycles. The lowest BCUT2D eigenvalue weighted by Gasteiger charge is -2.17. The number of aliphatic carboxylic acids is 1. The molecule has 0 aliphatic heterocycles. The molecule has 126 valence electrons. The zero-order chi connectivity index (χ0) is 17.5. The zero-order valence-electron chi connectivity index (χ0n) is 13.7. The number of carbonyl (C=O) groups is 2. The molecule has 2 atom stereocenters. The van der Waals surface area contributed by atoms with E-state index in [2.05, 4.69) is 17.4 Å². The van der Waals surface area contributed by atoms with Gasteiger partial charge in [-0.15, -0.1) is 11.8 Å². The van der Waals surface area contributed by atoms with Crippen molar-refractivity contribution >= 4 is 23.6 Å². The summed E-state index contributed by atoms with van der Waals surface area (Å²) in [6, 6.07) is 17.1. The third-order valence-corrected chi connectivity index (χ3v) is 4.95. The summed E-state index contributed by atoms with van der Waals surface area (Å²) in [6.45, 7) is 3.28. The predicted octanol–water partition coefficient (Wildman–Crippen LogP) is 3.82. The fourth-order valence-electron chi connectivity index (χ4n) is 2.07. The number of thioether (sulfide) groups is 1. The van der Waals surface area contributed by atoms with E-state index >= 15 is 0 Å². The van der Waals surface area contributed by atoms with Gasteiger partial charge in [-0.3, -0.25) is 9.59 Å². The first-order valence-corrected chi connectivity index (χ1v) is 8.76. The predicted molar refractivity (Wildman–Crippen MR) is 96.2 cm³/mol. The van der Waals surface area contributed by atoms with Crippen LogP contribution in [0.4, 0.5) is 0 Å². The average Bonchev–Trinajstić information content (AvgIpc) is 2.60. The zero-order valence-corrected chi connectivity index (χ0v) is 14.5. The molecule has 0 bridgehead atoms. The topological polar surface area (TPSA) is 66.4 Å². The Labute approximate surface area is 146 Å². The van der Waals surface area contributed by atoms with Gasteiger partial charge in [0, 0.05) is 22.3 Å². The fraction of sp³-hybridized carbons (Fsp3) is 0.263. The molecule has 1 amide bonds. The molecular formula is C19H21NO3S. The Morgan fingerprint density at radius 1 is 1.04 bits per heavy atom. The number of carboxylic acids is 1. The summed E-state index contributed by atoms with van der Waals surface area (Å²) in [6.07, 6.45) is 0. The lowest BCUT2D eigenvalue weighted by Crippen LogP contribution is -2.40. The van der Waals surface area contributed by atoms with Gasteiger partial charge in [0.15, 0.2) is 0 Å². The van der Waals surface area contributed by atoms with Crippen LogP contribution in [0.3, 0.4) is 0 Å². The molecule has 0 spiro atoms. The van der Waals surface area contributed by atoms with E-state index in [9.17, 15) is 9.59 Å². The maximum atomic E-state index is 12.2. The van der Waals surface area contributed by atoms with E-state index < -0.39 is 17.9 Å². The first kappa shape index (κ1) is 18.1. The summed E-state index contributed by atoms with van der Waals surface area (Å²) in [5.74, 6) is -0.931. The van der Waals surface area contributed by atoms with Crippen molar-refractivity contribution in [1.82, 2.24) is 5.32 Å². The van der Waals surface area contributed by atoms with Crippen molar-refractivity contribution in [3.63, 3.8) is 0 Å². The molecule has 0 radical (unpaired) electrons. The molecule has 0 saturated carbocycles. The number of hydrogen-bond donors (Lipinski definition) is 2. The quantitative estimate of drug-likeness (QED) is 0.750. The smallest absolute Gasteiger partial charge is 0.308 e. The Kier molecular flexibility index (Phi) is 6.44. The molecule has 0 aromatic heterocycles. The van der Waals surface area contributed by atoms with Crippen LogP contribution in [0.5, 0.6) is 0 Å². The second kappa shape index (κ2) is 8.55. The molecule has 0 aliphatic rings. The molecular weight excluding hydrogens is 322 g/mol. The number of nitrogens with one attached hydrogen (secondary N) is 1. The molecule has 2 rings (SSSR count). The summed E-state index contributed by atoms with van der Waals surface area (Å²) in [5, 5.41) is 11.7. The van der Waals surface area contributed by atoms with Crippen molar-refractivity contribution in [3.05, 3.63) is 65.7 Å². The van der Waals surface area contributed by atoms with Crippen LogP contribution < -0.4 is 5.32 Å². The maximum absolute atomic E-state index is 12.2. The van der Waals surface area contributed by atoms with Crippen molar-refractivity contribution in [2.75, 3.05) is 0 Å². The van der Waals surface area contributed by atoms with E-state index in [0.717, 1.165) is 10.6 Å². The number of rotatable bonds is 7. The molecule has 0 fully saturated rings. The van der Waals surface area contributed by atoms with E-state index in [1.807, 2.05) is 30.3 Å². The number of benzene rings is 2. The van der Waals surface area contributed by atoms with Gasteiger partial charge in [0.05, 0.1) is 5.92 Å². The summed E-state index contributed by atoms with van der Waals surface area (Å²) in [4.78, 5) is 24.2. The van der Waals surface area contributed by atoms with Crippen LogP contribution in [0.1, 0.15) is 29.8 Å². The SMILES string of the molecule is CC(NC(=O)c1ccc(SCc2ccccc2)cc1)C(C)C(=O)O. The van der Waals surface area contributed by atoms with Crippen molar-refractivity contribution in [2.45, 2.75) is 30.5 Å². The second-order valence-corrected chi connectivity index (χ2v) is 6.74. The normalized spacial score (nSPS) is 13.1. The molecule has 5 heteroatoms. The van der Waals surface area contributed by atoms with E-state index in [4.69, 9.17) is 5.11 Å². The standard InChI is InChI=1S/C19H21NO3S/c1-13(19(22)23)14(2)20-18(21)16-8-10-17(11-9-16)24-12-15-6-4-3-5-7-15/h3-11,13-14H,12H2,1-2H3,(H,20,21)(H,22,23). The maximum Gasteiger partial charge on any atom is 0.308 e. The third kappa shape index (κ3) is 5.13. The Morgan fingerprint density at radius 2 is 1.67 bits per heavy atom. The van der Waals surface area contributed by atoms with Gasteiger partial charge in [-0.05, 0) is 43.7 Å². The first-order chi connectivity index (χ1) is 11.5. The lowest BCUT2D eigenvalue weighted by molar-refractivity contribution is -0.141. The highest BCUT2D eigenvalue weighted by molar-refractivity contribution is 7.98. The number of hydrogen-bond acceptors (Lipinski definition) is 3. The Balaban J connectivity index is 1.91. The Hall–Kier alpha value is -2.27. The van der Waals surface area contributed by atoms with Gasteiger partial charge in [0.1, 0.15) is 0 Å². The van der Waals surface area contributed by atoms with Gasteiger partial charge >= 0.3 is 5.97 Å². The highest BCUT2D eigenvalue weighted by atomic mass is 32.2. The monoisotopic (exact) mass is 343 g/mol. The van der Waals surface area contributed by atoms with Crippen molar-refractivity contribution < 1.29 is 14.7 Å². The van der Waals surface area contributed by atoms with Gasteiger partial charge in [-0.2, -0.15) is 0 Å². The van der Waals surface area contributed by atoms with E-state index in [0.29, 0.717) is 5.56 Å². The van der Waals surface area contributed by atoms with Gasteiger partial charge in [0.25, 0.3) is 5.91 Å². The molecule has 4 nitrogen and oxygen atoms in total. The molecule has 2 unspecified atom stereocenters. The van der Waals surface area contributed by atoms with E-state index in [-0.39, 0.29) is 5.91 Å². The summed E-state index contributed by atoms with van der Waals surface area (Å²) in [5.41, 5.74) is 1.78. The van der Waals surface area contributed by atoms with Crippen LogP contribution in [-0.2, 0) is 10.5 Å². The minimum Gasteiger partial charge on any atom is -0.481 e. The number of carboxylic acid groups (broad SMARTS) is 1. The first-order valence-electron chi connectivity index (χ1n) is 7.78. The summed E-state index contributed by atoms with van der Waals surface area (Å²) < 4.78 is 0. The average molecular weight is 343 g/mol. The fourth-order valence-corrected chi connectivity index (χ4v) is 2.93. The van der Waals surface area contributed by atoms with Gasteiger partial charge < -0.3 is 10.4 Å². The van der Waals surface area contributed by atoms with Crippen molar-refractivity contribution in [3.8, 4) is 0 Å². The van der Waals surface area contributed by atoms with Crippen molar-refractivity contribution in [2.24, 2.45) is 5.92 Å². The minimum absolute atomic E-state index is 0.254.